The SMILES string of the molecule is O=C([C@@H]1C[NH2+]C[C@]12COCc1c(OCC(F)(F)F)cccc12)N1CC[C@@H](c2ccccc2F)C[C@H]1C1CCC(F)(F)CC1.[Cl-]. The monoisotopic (exact) mass is 646 g/mol. The molecule has 2 aromatic carbocycles. The van der Waals surface area contributed by atoms with Crippen molar-refractivity contribution in [1.29, 1.82) is 0 Å². The molecule has 242 valence electrons. The molecular formula is C32H37ClF6N2O3. The molecule has 1 aliphatic carbocycles. The van der Waals surface area contributed by atoms with Gasteiger partial charge in [0.25, 0.3) is 0 Å². The van der Waals surface area contributed by atoms with Crippen LogP contribution in [0.25, 0.3) is 0 Å². The molecule has 5 nitrogen and oxygen atoms in total. The number of benzene rings is 2. The Bertz CT molecular complexity index is 1330. The van der Waals surface area contributed by atoms with Crippen molar-refractivity contribution in [1.82, 2.24) is 4.90 Å². The van der Waals surface area contributed by atoms with Gasteiger partial charge >= 0.3 is 6.18 Å². The van der Waals surface area contributed by atoms with E-state index in [0.29, 0.717) is 56.4 Å². The summed E-state index contributed by atoms with van der Waals surface area (Å²) in [5.74, 6) is -3.80. The zero-order chi connectivity index (χ0) is 30.4. The van der Waals surface area contributed by atoms with Crippen molar-refractivity contribution < 1.29 is 58.3 Å². The Morgan fingerprint density at radius 1 is 1.07 bits per heavy atom. The number of amides is 1. The number of hydrogen-bond donors (Lipinski definition) is 1. The maximum atomic E-state index is 14.8. The van der Waals surface area contributed by atoms with Crippen LogP contribution in [0.4, 0.5) is 26.3 Å². The normalized spacial score (nSPS) is 28.8. The number of hydrogen-bond acceptors (Lipinski definition) is 3. The second-order valence-electron chi connectivity index (χ2n) is 12.7. The van der Waals surface area contributed by atoms with E-state index in [4.69, 9.17) is 9.47 Å². The van der Waals surface area contributed by atoms with Crippen molar-refractivity contribution in [2.24, 2.45) is 11.8 Å². The molecule has 12 heteroatoms. The van der Waals surface area contributed by atoms with E-state index in [1.165, 1.54) is 12.1 Å². The highest BCUT2D eigenvalue weighted by Crippen LogP contribution is 2.47. The number of piperidine rings is 1. The minimum absolute atomic E-state index is 0. The summed E-state index contributed by atoms with van der Waals surface area (Å²) >= 11 is 0. The number of ether oxygens (including phenoxy) is 2. The summed E-state index contributed by atoms with van der Waals surface area (Å²) in [4.78, 5) is 16.4. The molecule has 4 aliphatic rings. The van der Waals surface area contributed by atoms with Gasteiger partial charge in [0.2, 0.25) is 11.8 Å². The van der Waals surface area contributed by atoms with Gasteiger partial charge in [-0.15, -0.1) is 0 Å². The first-order valence-corrected chi connectivity index (χ1v) is 15.1. The van der Waals surface area contributed by atoms with Crippen LogP contribution in [0.5, 0.6) is 5.75 Å². The van der Waals surface area contributed by atoms with Crippen LogP contribution in [0.15, 0.2) is 42.5 Å². The summed E-state index contributed by atoms with van der Waals surface area (Å²) in [6, 6.07) is 11.3. The summed E-state index contributed by atoms with van der Waals surface area (Å²) in [5.41, 5.74) is 1.11. The second kappa shape index (κ2) is 12.7. The Hall–Kier alpha value is -2.50. The molecule has 1 spiro atoms. The third-order valence-electron chi connectivity index (χ3n) is 10.1. The van der Waals surface area contributed by atoms with Crippen molar-refractivity contribution >= 4 is 5.91 Å². The first kappa shape index (κ1) is 32.9. The fraction of sp³-hybridized carbons (Fsp3) is 0.594. The standard InChI is InChI=1S/C32H36F6N2O3.ClH/c33-26-6-2-1-4-22(26)21-10-13-40(27(14-21)20-8-11-31(34,35)12-9-20)29(41)25-15-39-17-30(25)18-42-16-23-24(30)5-3-7-28(23)43-19-32(36,37)38;/h1-7,20-21,25,27,39H,8-19H2;1H/t21-,25+,27+,30-;/m1./s1. The van der Waals surface area contributed by atoms with Gasteiger partial charge in [-0.25, -0.2) is 13.2 Å². The van der Waals surface area contributed by atoms with Crippen molar-refractivity contribution in [3.8, 4) is 5.75 Å². The lowest BCUT2D eigenvalue weighted by atomic mass is 9.68. The van der Waals surface area contributed by atoms with E-state index in [1.807, 2.05) is 16.3 Å². The number of alkyl halides is 5. The molecule has 3 fully saturated rings. The Morgan fingerprint density at radius 3 is 2.55 bits per heavy atom. The first-order chi connectivity index (χ1) is 20.5. The summed E-state index contributed by atoms with van der Waals surface area (Å²) in [7, 11) is 0. The highest BCUT2D eigenvalue weighted by molar-refractivity contribution is 5.82. The molecule has 0 radical (unpaired) electrons. The average molecular weight is 647 g/mol. The fourth-order valence-electron chi connectivity index (χ4n) is 8.01. The molecule has 1 saturated carbocycles. The lowest BCUT2D eigenvalue weighted by molar-refractivity contribution is -0.640. The van der Waals surface area contributed by atoms with Gasteiger partial charge in [-0.3, -0.25) is 4.79 Å². The molecule has 6 rings (SSSR count). The smallest absolute Gasteiger partial charge is 0.422 e. The van der Waals surface area contributed by atoms with Crippen LogP contribution in [-0.2, 0) is 21.6 Å². The number of halogens is 7. The van der Waals surface area contributed by atoms with Crippen molar-refractivity contribution in [2.45, 2.75) is 74.6 Å². The van der Waals surface area contributed by atoms with Gasteiger partial charge in [-0.2, -0.15) is 13.2 Å². The topological polar surface area (TPSA) is 55.4 Å². The number of nitrogens with two attached hydrogens (primary N) is 1. The number of rotatable bonds is 5. The second-order valence-corrected chi connectivity index (χ2v) is 12.7. The zero-order valence-electron chi connectivity index (χ0n) is 24.2. The third kappa shape index (κ3) is 6.42. The molecule has 0 aromatic heterocycles. The minimum Gasteiger partial charge on any atom is -1.00 e. The van der Waals surface area contributed by atoms with Gasteiger partial charge in [0.1, 0.15) is 17.5 Å². The maximum Gasteiger partial charge on any atom is 0.422 e. The molecule has 0 bridgehead atoms. The highest BCUT2D eigenvalue weighted by Gasteiger charge is 2.56. The lowest BCUT2D eigenvalue weighted by Gasteiger charge is -2.47. The largest absolute Gasteiger partial charge is 1.00 e. The number of likely N-dealkylation sites (tertiary alicyclic amines) is 1. The van der Waals surface area contributed by atoms with Crippen LogP contribution in [0.3, 0.4) is 0 Å². The lowest BCUT2D eigenvalue weighted by Crippen LogP contribution is -3.00. The van der Waals surface area contributed by atoms with E-state index >= 15 is 0 Å². The third-order valence-corrected chi connectivity index (χ3v) is 10.1. The molecule has 0 unspecified atom stereocenters. The number of carbonyl (C=O) groups excluding carboxylic acids is 1. The number of carbonyl (C=O) groups is 1. The van der Waals surface area contributed by atoms with Crippen LogP contribution < -0.4 is 22.5 Å². The Labute approximate surface area is 259 Å². The quantitative estimate of drug-likeness (QED) is 0.508. The maximum absolute atomic E-state index is 14.8. The van der Waals surface area contributed by atoms with Crippen molar-refractivity contribution in [3.63, 3.8) is 0 Å². The predicted octanol–water partition coefficient (Wildman–Crippen LogP) is 2.33. The van der Waals surface area contributed by atoms with E-state index in [0.717, 1.165) is 5.56 Å². The first-order valence-electron chi connectivity index (χ1n) is 15.1. The van der Waals surface area contributed by atoms with Crippen molar-refractivity contribution in [2.75, 3.05) is 32.8 Å². The average Bonchev–Trinajstić information content (AvgIpc) is 3.39. The molecule has 3 heterocycles. The zero-order valence-corrected chi connectivity index (χ0v) is 25.0. The van der Waals surface area contributed by atoms with Gasteiger partial charge in [0.15, 0.2) is 6.61 Å². The van der Waals surface area contributed by atoms with E-state index in [1.54, 1.807) is 24.3 Å². The van der Waals surface area contributed by atoms with E-state index in [2.05, 4.69) is 0 Å². The number of nitrogens with zero attached hydrogens (tertiary/aromatic N) is 1. The van der Waals surface area contributed by atoms with Crippen LogP contribution in [-0.4, -0.2) is 61.8 Å². The highest BCUT2D eigenvalue weighted by atomic mass is 35.5. The Kier molecular flexibility index (Phi) is 9.50. The summed E-state index contributed by atoms with van der Waals surface area (Å²) in [6.45, 7) is 0.262. The molecule has 2 aromatic rings. The van der Waals surface area contributed by atoms with E-state index in [-0.39, 0.29) is 73.8 Å². The number of quaternary nitrogens is 1. The van der Waals surface area contributed by atoms with Crippen LogP contribution in [0, 0.1) is 17.7 Å². The van der Waals surface area contributed by atoms with Gasteiger partial charge < -0.3 is 32.1 Å². The van der Waals surface area contributed by atoms with Gasteiger partial charge in [0, 0.05) is 31.0 Å². The minimum atomic E-state index is -4.50. The molecule has 3 aliphatic heterocycles. The predicted molar refractivity (Wildman–Crippen MR) is 145 cm³/mol. The van der Waals surface area contributed by atoms with Crippen LogP contribution in [0.2, 0.25) is 0 Å². The molecule has 4 atom stereocenters. The van der Waals surface area contributed by atoms with Crippen molar-refractivity contribution in [3.05, 3.63) is 65.0 Å². The summed E-state index contributed by atoms with van der Waals surface area (Å²) in [5, 5.41) is 2.03. The molecule has 1 amide bonds. The Morgan fingerprint density at radius 2 is 1.82 bits per heavy atom. The summed E-state index contributed by atoms with van der Waals surface area (Å²) < 4.78 is 93.1. The summed E-state index contributed by atoms with van der Waals surface area (Å²) in [6.07, 6.45) is -3.33. The fourth-order valence-corrected chi connectivity index (χ4v) is 8.01. The van der Waals surface area contributed by atoms with E-state index in [9.17, 15) is 31.1 Å². The molecule has 2 N–H and O–H groups in total. The molecular weight excluding hydrogens is 610 g/mol. The van der Waals surface area contributed by atoms with Gasteiger partial charge in [-0.05, 0) is 60.8 Å². The van der Waals surface area contributed by atoms with Gasteiger partial charge in [0.05, 0.1) is 31.7 Å². The van der Waals surface area contributed by atoms with Gasteiger partial charge in [-0.1, -0.05) is 30.3 Å². The number of fused-ring (bicyclic) bond motifs is 2. The molecule has 2 saturated heterocycles. The molecule has 44 heavy (non-hydrogen) atoms. The Balaban J connectivity index is 0.00000384. The van der Waals surface area contributed by atoms with E-state index < -0.39 is 30.0 Å². The van der Waals surface area contributed by atoms with Crippen LogP contribution >= 0.6 is 0 Å². The van der Waals surface area contributed by atoms with Crippen LogP contribution in [0.1, 0.15) is 61.1 Å².